The minimum Gasteiger partial charge on any atom is -0.388 e. The first kappa shape index (κ1) is 17.2. The van der Waals surface area contributed by atoms with Gasteiger partial charge in [0.1, 0.15) is 24.4 Å². The SMILES string of the molecule is O=C(CCCn1cncn1)N1C[C@@H](O)[C@@]2(C[C@H](c3ccccc3)CO2)C1. The number of aromatic nitrogens is 3. The van der Waals surface area contributed by atoms with Crippen molar-refractivity contribution in [2.24, 2.45) is 0 Å². The van der Waals surface area contributed by atoms with Gasteiger partial charge in [-0.15, -0.1) is 0 Å². The largest absolute Gasteiger partial charge is 0.388 e. The second-order valence-corrected chi connectivity index (χ2v) is 7.24. The summed E-state index contributed by atoms with van der Waals surface area (Å²) >= 11 is 0. The minimum atomic E-state index is -0.629. The van der Waals surface area contributed by atoms with E-state index in [2.05, 4.69) is 22.2 Å². The normalized spacial score (nSPS) is 28.1. The Morgan fingerprint density at radius 1 is 1.35 bits per heavy atom. The highest BCUT2D eigenvalue weighted by molar-refractivity contribution is 5.76. The monoisotopic (exact) mass is 356 g/mol. The lowest BCUT2D eigenvalue weighted by Crippen LogP contribution is -2.41. The molecule has 3 heterocycles. The van der Waals surface area contributed by atoms with E-state index in [4.69, 9.17) is 4.74 Å². The van der Waals surface area contributed by atoms with Crippen LogP contribution in [0, 0.1) is 0 Å². The molecule has 7 nitrogen and oxygen atoms in total. The molecule has 0 unspecified atom stereocenters. The highest BCUT2D eigenvalue weighted by Gasteiger charge is 2.53. The van der Waals surface area contributed by atoms with Gasteiger partial charge in [0.25, 0.3) is 0 Å². The van der Waals surface area contributed by atoms with Crippen LogP contribution < -0.4 is 0 Å². The molecule has 1 spiro atoms. The third-order valence-electron chi connectivity index (χ3n) is 5.49. The number of β-amino-alcohol motifs (C(OH)–C–C–N with tert-alkyl or cyclic N) is 1. The topological polar surface area (TPSA) is 80.5 Å². The molecule has 1 amide bonds. The van der Waals surface area contributed by atoms with E-state index in [1.54, 1.807) is 15.9 Å². The van der Waals surface area contributed by atoms with E-state index in [-0.39, 0.29) is 11.8 Å². The van der Waals surface area contributed by atoms with E-state index in [1.165, 1.54) is 11.9 Å². The average molecular weight is 356 g/mol. The van der Waals surface area contributed by atoms with Crippen LogP contribution in [-0.4, -0.2) is 62.1 Å². The summed E-state index contributed by atoms with van der Waals surface area (Å²) in [5, 5.41) is 14.6. The van der Waals surface area contributed by atoms with Crippen LogP contribution in [0.3, 0.4) is 0 Å². The summed E-state index contributed by atoms with van der Waals surface area (Å²) in [7, 11) is 0. The zero-order chi connectivity index (χ0) is 18.0. The van der Waals surface area contributed by atoms with E-state index in [0.29, 0.717) is 39.1 Å². The molecule has 2 saturated heterocycles. The third kappa shape index (κ3) is 3.37. The Morgan fingerprint density at radius 2 is 2.19 bits per heavy atom. The van der Waals surface area contributed by atoms with Gasteiger partial charge < -0.3 is 14.7 Å². The van der Waals surface area contributed by atoms with Gasteiger partial charge in [-0.3, -0.25) is 9.48 Å². The van der Waals surface area contributed by atoms with Crippen molar-refractivity contribution in [1.29, 1.82) is 0 Å². The number of aryl methyl sites for hydroxylation is 1. The Hall–Kier alpha value is -2.25. The molecule has 1 aromatic heterocycles. The van der Waals surface area contributed by atoms with Crippen LogP contribution in [-0.2, 0) is 16.1 Å². The van der Waals surface area contributed by atoms with Crippen molar-refractivity contribution in [2.75, 3.05) is 19.7 Å². The number of likely N-dealkylation sites (tertiary alicyclic amines) is 1. The summed E-state index contributed by atoms with van der Waals surface area (Å²) in [6.07, 6.45) is 4.40. The Morgan fingerprint density at radius 3 is 2.96 bits per heavy atom. The lowest BCUT2D eigenvalue weighted by molar-refractivity contribution is -0.131. The van der Waals surface area contributed by atoms with Gasteiger partial charge in [0, 0.05) is 25.4 Å². The second-order valence-electron chi connectivity index (χ2n) is 7.24. The number of carbonyl (C=O) groups excluding carboxylic acids is 1. The molecule has 2 aromatic rings. The lowest BCUT2D eigenvalue weighted by Gasteiger charge is -2.26. The van der Waals surface area contributed by atoms with Crippen molar-refractivity contribution in [3.63, 3.8) is 0 Å². The highest BCUT2D eigenvalue weighted by atomic mass is 16.5. The number of aliphatic hydroxyl groups is 1. The number of carbonyl (C=O) groups is 1. The zero-order valence-corrected chi connectivity index (χ0v) is 14.7. The van der Waals surface area contributed by atoms with Crippen LogP contribution in [0.4, 0.5) is 0 Å². The zero-order valence-electron chi connectivity index (χ0n) is 14.7. The van der Waals surface area contributed by atoms with Gasteiger partial charge in [-0.25, -0.2) is 4.98 Å². The summed E-state index contributed by atoms with van der Waals surface area (Å²) in [4.78, 5) is 18.2. The maximum absolute atomic E-state index is 12.5. The quantitative estimate of drug-likeness (QED) is 0.871. The van der Waals surface area contributed by atoms with Gasteiger partial charge >= 0.3 is 0 Å². The van der Waals surface area contributed by atoms with Gasteiger partial charge in [-0.2, -0.15) is 5.10 Å². The molecule has 7 heteroatoms. The van der Waals surface area contributed by atoms with E-state index in [1.807, 2.05) is 18.2 Å². The van der Waals surface area contributed by atoms with Crippen molar-refractivity contribution in [2.45, 2.75) is 43.4 Å². The summed E-state index contributed by atoms with van der Waals surface area (Å²) in [6, 6.07) is 10.2. The molecular formula is C19H24N4O3. The Bertz CT molecular complexity index is 737. The summed E-state index contributed by atoms with van der Waals surface area (Å²) in [6.45, 7) is 2.08. The highest BCUT2D eigenvalue weighted by Crippen LogP contribution is 2.42. The molecule has 0 bridgehead atoms. The van der Waals surface area contributed by atoms with Crippen LogP contribution in [0.25, 0.3) is 0 Å². The maximum Gasteiger partial charge on any atom is 0.222 e. The van der Waals surface area contributed by atoms with E-state index >= 15 is 0 Å². The molecular weight excluding hydrogens is 332 g/mol. The molecule has 0 saturated carbocycles. The van der Waals surface area contributed by atoms with Gasteiger partial charge in [0.2, 0.25) is 5.91 Å². The standard InChI is InChI=1S/C19H24N4O3/c24-17-10-22(18(25)7-4-8-23-14-20-13-21-23)12-19(17)9-16(11-26-19)15-5-2-1-3-6-15/h1-3,5-6,13-14,16-17,24H,4,7-12H2/t16-,17+,19+/m0/s1. The van der Waals surface area contributed by atoms with E-state index in [0.717, 1.165) is 6.42 Å². The Kier molecular flexibility index (Phi) is 4.74. The van der Waals surface area contributed by atoms with Gasteiger partial charge in [0.05, 0.1) is 13.2 Å². The van der Waals surface area contributed by atoms with Crippen LogP contribution in [0.15, 0.2) is 43.0 Å². The van der Waals surface area contributed by atoms with Crippen molar-refractivity contribution in [3.8, 4) is 0 Å². The van der Waals surface area contributed by atoms with E-state index in [9.17, 15) is 9.90 Å². The van der Waals surface area contributed by atoms with E-state index < -0.39 is 11.7 Å². The third-order valence-corrected chi connectivity index (χ3v) is 5.49. The molecule has 1 N–H and O–H groups in total. The first-order valence-electron chi connectivity index (χ1n) is 9.13. The molecule has 2 fully saturated rings. The molecule has 138 valence electrons. The van der Waals surface area contributed by atoms with Crippen LogP contribution in [0.1, 0.15) is 30.7 Å². The number of hydrogen-bond donors (Lipinski definition) is 1. The average Bonchev–Trinajstić information content (AvgIpc) is 3.38. The molecule has 26 heavy (non-hydrogen) atoms. The molecule has 3 atom stereocenters. The summed E-state index contributed by atoms with van der Waals surface area (Å²) < 4.78 is 7.78. The minimum absolute atomic E-state index is 0.0628. The number of aliphatic hydroxyl groups excluding tert-OH is 1. The first-order chi connectivity index (χ1) is 12.7. The van der Waals surface area contributed by atoms with Gasteiger partial charge in [-0.05, 0) is 18.4 Å². The summed E-state index contributed by atoms with van der Waals surface area (Å²) in [5.74, 6) is 0.334. The van der Waals surface area contributed by atoms with Crippen LogP contribution >= 0.6 is 0 Å². The number of amides is 1. The molecule has 1 aromatic carbocycles. The summed E-state index contributed by atoms with van der Waals surface area (Å²) in [5.41, 5.74) is 0.608. The fourth-order valence-electron chi connectivity index (χ4n) is 4.04. The Balaban J connectivity index is 1.33. The number of benzene rings is 1. The maximum atomic E-state index is 12.5. The second kappa shape index (κ2) is 7.17. The Labute approximate surface area is 152 Å². The number of hydrogen-bond acceptors (Lipinski definition) is 5. The lowest BCUT2D eigenvalue weighted by atomic mass is 9.87. The van der Waals surface area contributed by atoms with Crippen molar-refractivity contribution < 1.29 is 14.6 Å². The smallest absolute Gasteiger partial charge is 0.222 e. The van der Waals surface area contributed by atoms with Gasteiger partial charge in [-0.1, -0.05) is 30.3 Å². The molecule has 4 rings (SSSR count). The van der Waals surface area contributed by atoms with Crippen molar-refractivity contribution in [3.05, 3.63) is 48.5 Å². The molecule has 2 aliphatic rings. The molecule has 2 aliphatic heterocycles. The fraction of sp³-hybridized carbons (Fsp3) is 0.526. The van der Waals surface area contributed by atoms with Gasteiger partial charge in [0.15, 0.2) is 0 Å². The number of ether oxygens (including phenoxy) is 1. The van der Waals surface area contributed by atoms with Crippen LogP contribution in [0.5, 0.6) is 0 Å². The first-order valence-corrected chi connectivity index (χ1v) is 9.13. The predicted molar refractivity (Wildman–Crippen MR) is 94.3 cm³/mol. The van der Waals surface area contributed by atoms with Crippen LogP contribution in [0.2, 0.25) is 0 Å². The molecule has 0 radical (unpaired) electrons. The van der Waals surface area contributed by atoms with Crippen molar-refractivity contribution in [1.82, 2.24) is 19.7 Å². The number of rotatable bonds is 5. The number of nitrogens with zero attached hydrogens (tertiary/aromatic N) is 4. The molecule has 0 aliphatic carbocycles. The predicted octanol–water partition coefficient (Wildman–Crippen LogP) is 1.20. The van der Waals surface area contributed by atoms with Crippen molar-refractivity contribution >= 4 is 5.91 Å². The fourth-order valence-corrected chi connectivity index (χ4v) is 4.04.